The van der Waals surface area contributed by atoms with Crippen molar-refractivity contribution in [3.05, 3.63) is 0 Å². The third-order valence-electron chi connectivity index (χ3n) is 2.22. The van der Waals surface area contributed by atoms with Gasteiger partial charge in [0.15, 0.2) is 0 Å². The van der Waals surface area contributed by atoms with Gasteiger partial charge in [-0.05, 0) is 0 Å². The molecule has 12 heavy (non-hydrogen) atoms. The first-order valence-electron chi connectivity index (χ1n) is 3.83. The van der Waals surface area contributed by atoms with Crippen molar-refractivity contribution in [1.82, 2.24) is 0 Å². The lowest BCUT2D eigenvalue weighted by atomic mass is 9.87. The summed E-state index contributed by atoms with van der Waals surface area (Å²) < 4.78 is 4.76. The van der Waals surface area contributed by atoms with E-state index in [-0.39, 0.29) is 6.42 Å². The van der Waals surface area contributed by atoms with Crippen molar-refractivity contribution in [2.45, 2.75) is 36.9 Å². The number of hydrogen-bond acceptors (Lipinski definition) is 5. The summed E-state index contributed by atoms with van der Waals surface area (Å²) in [6.07, 6.45) is -5.27. The first-order valence-corrected chi connectivity index (χ1v) is 3.83. The van der Waals surface area contributed by atoms with Gasteiger partial charge in [0.1, 0.15) is 18.3 Å². The Morgan fingerprint density at radius 1 is 1.00 bits per heavy atom. The van der Waals surface area contributed by atoms with Crippen LogP contribution in [-0.4, -0.2) is 58.1 Å². The average Bonchev–Trinajstić information content (AvgIpc) is 2.01. The van der Waals surface area contributed by atoms with Crippen LogP contribution in [0.25, 0.3) is 0 Å². The predicted molar refractivity (Wildman–Crippen MR) is 39.4 cm³/mol. The summed E-state index contributed by atoms with van der Waals surface area (Å²) >= 11 is 0. The fourth-order valence-electron chi connectivity index (χ4n) is 1.47. The first-order chi connectivity index (χ1) is 5.57. The highest BCUT2D eigenvalue weighted by Crippen LogP contribution is 2.22. The SMILES string of the molecule is CO[C@@H]1C(O)C(O)[C@H](O)C[C@H]1O. The van der Waals surface area contributed by atoms with Crippen LogP contribution < -0.4 is 0 Å². The number of methoxy groups -OCH3 is 1. The van der Waals surface area contributed by atoms with Gasteiger partial charge in [-0.25, -0.2) is 0 Å². The summed E-state index contributed by atoms with van der Waals surface area (Å²) in [6, 6.07) is 0. The van der Waals surface area contributed by atoms with E-state index in [0.29, 0.717) is 0 Å². The molecule has 0 saturated heterocycles. The van der Waals surface area contributed by atoms with E-state index in [2.05, 4.69) is 0 Å². The standard InChI is InChI=1S/C7H14O5/c1-12-7-4(9)2-3(8)5(10)6(7)11/h3-11H,2H2,1H3/t3-,4-,5?,6?,7+/m1/s1. The Balaban J connectivity index is 2.65. The molecule has 4 N–H and O–H groups in total. The average molecular weight is 178 g/mol. The van der Waals surface area contributed by atoms with Crippen molar-refractivity contribution in [2.75, 3.05) is 7.11 Å². The number of aliphatic hydroxyl groups excluding tert-OH is 4. The third kappa shape index (κ3) is 1.60. The topological polar surface area (TPSA) is 90.2 Å². The fraction of sp³-hybridized carbons (Fsp3) is 1.00. The molecule has 72 valence electrons. The normalized spacial score (nSPS) is 49.2. The quantitative estimate of drug-likeness (QED) is 0.367. The highest BCUT2D eigenvalue weighted by Gasteiger charge is 2.42. The second kappa shape index (κ2) is 3.68. The number of rotatable bonds is 1. The largest absolute Gasteiger partial charge is 0.390 e. The van der Waals surface area contributed by atoms with Gasteiger partial charge in [0.2, 0.25) is 0 Å². The van der Waals surface area contributed by atoms with E-state index in [9.17, 15) is 15.3 Å². The molecule has 1 aliphatic rings. The summed E-state index contributed by atoms with van der Waals surface area (Å²) in [4.78, 5) is 0. The minimum atomic E-state index is -1.24. The highest BCUT2D eigenvalue weighted by atomic mass is 16.5. The van der Waals surface area contributed by atoms with E-state index in [0.717, 1.165) is 0 Å². The molecular formula is C7H14O5. The third-order valence-corrected chi connectivity index (χ3v) is 2.22. The summed E-state index contributed by atoms with van der Waals surface area (Å²) in [5.74, 6) is 0. The first kappa shape index (κ1) is 9.88. The van der Waals surface area contributed by atoms with E-state index < -0.39 is 30.5 Å². The summed E-state index contributed by atoms with van der Waals surface area (Å²) in [5, 5.41) is 36.8. The second-order valence-electron chi connectivity index (χ2n) is 3.05. The van der Waals surface area contributed by atoms with Gasteiger partial charge in [0.05, 0.1) is 12.2 Å². The van der Waals surface area contributed by atoms with E-state index in [1.54, 1.807) is 0 Å². The Hall–Kier alpha value is -0.200. The lowest BCUT2D eigenvalue weighted by molar-refractivity contribution is -0.185. The van der Waals surface area contributed by atoms with Gasteiger partial charge in [-0.1, -0.05) is 0 Å². The van der Waals surface area contributed by atoms with Crippen molar-refractivity contribution < 1.29 is 25.2 Å². The molecule has 1 rings (SSSR count). The maximum atomic E-state index is 9.28. The van der Waals surface area contributed by atoms with Crippen LogP contribution >= 0.6 is 0 Å². The number of ether oxygens (including phenoxy) is 1. The molecule has 2 unspecified atom stereocenters. The molecule has 0 spiro atoms. The summed E-state index contributed by atoms with van der Waals surface area (Å²) in [7, 11) is 1.33. The van der Waals surface area contributed by atoms with Crippen LogP contribution in [0.4, 0.5) is 0 Å². The zero-order chi connectivity index (χ0) is 9.30. The Morgan fingerprint density at radius 2 is 1.58 bits per heavy atom. The molecule has 5 atom stereocenters. The Kier molecular flexibility index (Phi) is 3.03. The summed E-state index contributed by atoms with van der Waals surface area (Å²) in [5.41, 5.74) is 0. The van der Waals surface area contributed by atoms with Gasteiger partial charge >= 0.3 is 0 Å². The van der Waals surface area contributed by atoms with Crippen molar-refractivity contribution >= 4 is 0 Å². The molecule has 0 aromatic heterocycles. The molecule has 0 heterocycles. The van der Waals surface area contributed by atoms with Crippen LogP contribution in [0.3, 0.4) is 0 Å². The lowest BCUT2D eigenvalue weighted by Gasteiger charge is -2.37. The van der Waals surface area contributed by atoms with Gasteiger partial charge in [-0.2, -0.15) is 0 Å². The van der Waals surface area contributed by atoms with Gasteiger partial charge < -0.3 is 25.2 Å². The number of aliphatic hydroxyl groups is 4. The Labute approximate surface area is 70.2 Å². The molecule has 1 saturated carbocycles. The van der Waals surface area contributed by atoms with Gasteiger partial charge in [-0.3, -0.25) is 0 Å². The molecule has 0 bridgehead atoms. The van der Waals surface area contributed by atoms with Crippen LogP contribution in [0.2, 0.25) is 0 Å². The minimum Gasteiger partial charge on any atom is -0.390 e. The van der Waals surface area contributed by atoms with Crippen LogP contribution in [0.5, 0.6) is 0 Å². The van der Waals surface area contributed by atoms with Gasteiger partial charge in [-0.15, -0.1) is 0 Å². The molecule has 1 aliphatic carbocycles. The minimum absolute atomic E-state index is 0.0245. The monoisotopic (exact) mass is 178 g/mol. The van der Waals surface area contributed by atoms with E-state index >= 15 is 0 Å². The van der Waals surface area contributed by atoms with Crippen LogP contribution in [0.1, 0.15) is 6.42 Å². The van der Waals surface area contributed by atoms with E-state index in [1.165, 1.54) is 7.11 Å². The maximum absolute atomic E-state index is 9.28. The molecule has 0 radical (unpaired) electrons. The van der Waals surface area contributed by atoms with Crippen LogP contribution in [-0.2, 0) is 4.74 Å². The smallest absolute Gasteiger partial charge is 0.112 e. The van der Waals surface area contributed by atoms with Crippen molar-refractivity contribution in [3.8, 4) is 0 Å². The van der Waals surface area contributed by atoms with Gasteiger partial charge in [0.25, 0.3) is 0 Å². The number of hydrogen-bond donors (Lipinski definition) is 4. The Bertz CT molecular complexity index is 151. The van der Waals surface area contributed by atoms with Crippen molar-refractivity contribution in [3.63, 3.8) is 0 Å². The highest BCUT2D eigenvalue weighted by molar-refractivity contribution is 4.93. The fourth-order valence-corrected chi connectivity index (χ4v) is 1.47. The Morgan fingerprint density at radius 3 is 2.08 bits per heavy atom. The molecule has 5 nitrogen and oxygen atoms in total. The molecule has 0 aliphatic heterocycles. The zero-order valence-corrected chi connectivity index (χ0v) is 6.79. The summed E-state index contributed by atoms with van der Waals surface area (Å²) in [6.45, 7) is 0. The molecule has 0 amide bonds. The molecule has 1 fully saturated rings. The van der Waals surface area contributed by atoms with Gasteiger partial charge in [0, 0.05) is 13.5 Å². The molecule has 0 aromatic rings. The molecule has 0 aromatic carbocycles. The molecule has 5 heteroatoms. The maximum Gasteiger partial charge on any atom is 0.112 e. The predicted octanol–water partition coefficient (Wildman–Crippen LogP) is -2.15. The second-order valence-corrected chi connectivity index (χ2v) is 3.05. The van der Waals surface area contributed by atoms with E-state index in [4.69, 9.17) is 9.84 Å². The zero-order valence-electron chi connectivity index (χ0n) is 6.79. The van der Waals surface area contributed by atoms with Crippen molar-refractivity contribution in [2.24, 2.45) is 0 Å². The molecular weight excluding hydrogens is 164 g/mol. The lowest BCUT2D eigenvalue weighted by Crippen LogP contribution is -2.56. The van der Waals surface area contributed by atoms with Crippen molar-refractivity contribution in [1.29, 1.82) is 0 Å². The van der Waals surface area contributed by atoms with Crippen LogP contribution in [0, 0.1) is 0 Å². The van der Waals surface area contributed by atoms with Crippen LogP contribution in [0.15, 0.2) is 0 Å². The van der Waals surface area contributed by atoms with E-state index in [1.807, 2.05) is 0 Å².